The van der Waals surface area contributed by atoms with Crippen molar-refractivity contribution in [3.63, 3.8) is 0 Å². The summed E-state index contributed by atoms with van der Waals surface area (Å²) in [4.78, 5) is 72.0. The van der Waals surface area contributed by atoms with Crippen molar-refractivity contribution in [2.24, 2.45) is 62.1 Å². The fourth-order valence-electron chi connectivity index (χ4n) is 12.9. The predicted molar refractivity (Wildman–Crippen MR) is 460 cm³/mol. The molecule has 0 saturated heterocycles. The zero-order chi connectivity index (χ0) is 71.4. The Balaban J connectivity index is -0.0000000964. The Morgan fingerprint density at radius 3 is 0.808 bits per heavy atom. The van der Waals surface area contributed by atoms with E-state index in [1.165, 1.54) is 83.5 Å². The highest BCUT2D eigenvalue weighted by atomic mass is 16.6. The summed E-state index contributed by atoms with van der Waals surface area (Å²) in [7, 11) is 0. The van der Waals surface area contributed by atoms with Gasteiger partial charge in [-0.1, -0.05) is 178 Å². The molecular weight excluding hydrogens is 1300 g/mol. The lowest BCUT2D eigenvalue weighted by Crippen LogP contribution is -2.63. The summed E-state index contributed by atoms with van der Waals surface area (Å²) >= 11 is 0. The van der Waals surface area contributed by atoms with Crippen LogP contribution in [0.15, 0.2) is 0 Å². The van der Waals surface area contributed by atoms with Crippen molar-refractivity contribution in [2.45, 2.75) is 503 Å². The Morgan fingerprint density at radius 1 is 0.317 bits per heavy atom. The van der Waals surface area contributed by atoms with Crippen molar-refractivity contribution in [1.29, 1.82) is 0 Å². The van der Waals surface area contributed by atoms with Gasteiger partial charge in [-0.3, -0.25) is 28.8 Å². The van der Waals surface area contributed by atoms with E-state index in [1.54, 1.807) is 0 Å². The van der Waals surface area contributed by atoms with Crippen LogP contribution in [0.25, 0.3) is 0 Å². The molecule has 0 aromatic rings. The van der Waals surface area contributed by atoms with Crippen LogP contribution < -0.4 is 0 Å². The van der Waals surface area contributed by atoms with Gasteiger partial charge in [0.2, 0.25) is 0 Å². The standard InChI is InChI=1S/C19H32O2.C14H26O2.2C13H24O2.C11H22O2.C10H20O2.12CH4/c1-6-18(4,5)17(20)21-19(12(2)3)15-8-13-7-14(10-15)11-16(19)9-13;1-5-13(3,4)12(15)16-14(6-2)10-8-7-9-11-14;1-5-12(2,3)11(14)15-13(4)9-7-6-8-10-13;1-5-12(3,4)11(14)15-13(6-2)9-7-8-10-13;1-7-10(3,4)9(12)13-11(5,6)8-2;1-7-10(5,6)8(11)12-9(2,3)4;;;;;;;;;;;;/h12-16H,6-11H2,1-5H3;5-11H2,1-4H3;2*5-10H2,1-4H3;7-8H2,1-6H3;7H2,1-6H3;12*1H4. The maximum absolute atomic E-state index is 12.8. The highest BCUT2D eigenvalue weighted by molar-refractivity contribution is 5.78. The van der Waals surface area contributed by atoms with E-state index in [4.69, 9.17) is 28.4 Å². The Hall–Kier alpha value is -3.18. The minimum Gasteiger partial charge on any atom is -0.460 e. The minimum absolute atomic E-state index is 0. The summed E-state index contributed by atoms with van der Waals surface area (Å²) in [6.45, 7) is 58.1. The van der Waals surface area contributed by atoms with Crippen molar-refractivity contribution >= 4 is 35.8 Å². The number of carbonyl (C=O) groups is 6. The van der Waals surface area contributed by atoms with E-state index in [9.17, 15) is 28.8 Å². The second kappa shape index (κ2) is 52.8. The predicted octanol–water partition coefficient (Wildman–Crippen LogP) is 29.8. The quantitative estimate of drug-likeness (QED) is 0.0792. The number of hydrogen-bond donors (Lipinski definition) is 0. The summed E-state index contributed by atoms with van der Waals surface area (Å²) in [5, 5.41) is 0. The Labute approximate surface area is 655 Å². The normalized spacial score (nSPS) is 20.6. The topological polar surface area (TPSA) is 158 Å². The number of esters is 6. The van der Waals surface area contributed by atoms with E-state index >= 15 is 0 Å². The van der Waals surface area contributed by atoms with E-state index in [1.807, 2.05) is 159 Å². The molecule has 4 bridgehead atoms. The third-order valence-corrected chi connectivity index (χ3v) is 23.3. The average Bonchev–Trinajstić information content (AvgIpc) is 0.781. The van der Waals surface area contributed by atoms with E-state index in [2.05, 4.69) is 41.5 Å². The fraction of sp³-hybridized carbons (Fsp3) is 0.935. The third kappa shape index (κ3) is 38.5. The molecule has 7 aliphatic rings. The molecule has 7 rings (SSSR count). The summed E-state index contributed by atoms with van der Waals surface area (Å²) in [6, 6.07) is 0. The van der Waals surface area contributed by atoms with Crippen LogP contribution in [0, 0.1) is 62.1 Å². The second-order valence-corrected chi connectivity index (χ2v) is 35.2. The van der Waals surface area contributed by atoms with Crippen molar-refractivity contribution in [3.8, 4) is 0 Å². The molecule has 0 amide bonds. The summed E-state index contributed by atoms with van der Waals surface area (Å²) < 4.78 is 34.4. The molecule has 636 valence electrons. The molecule has 0 atom stereocenters. The first-order chi connectivity index (χ1) is 42.0. The maximum atomic E-state index is 12.8. The number of ether oxygens (including phenoxy) is 6. The maximum Gasteiger partial charge on any atom is 0.312 e. The molecule has 0 aromatic heterocycles. The van der Waals surface area contributed by atoms with E-state index in [0.717, 1.165) is 108 Å². The van der Waals surface area contributed by atoms with Gasteiger partial charge in [-0.2, -0.15) is 0 Å². The van der Waals surface area contributed by atoms with Gasteiger partial charge in [-0.05, 0) is 321 Å². The van der Waals surface area contributed by atoms with Crippen molar-refractivity contribution < 1.29 is 57.2 Å². The average molecular weight is 1490 g/mol. The molecule has 0 radical (unpaired) electrons. The molecule has 7 fully saturated rings. The van der Waals surface area contributed by atoms with Gasteiger partial charge in [0.1, 0.15) is 33.6 Å². The van der Waals surface area contributed by atoms with Crippen LogP contribution in [0.4, 0.5) is 0 Å². The smallest absolute Gasteiger partial charge is 0.312 e. The van der Waals surface area contributed by atoms with Crippen LogP contribution in [-0.2, 0) is 57.2 Å². The van der Waals surface area contributed by atoms with Gasteiger partial charge in [-0.25, -0.2) is 0 Å². The van der Waals surface area contributed by atoms with Gasteiger partial charge in [0, 0.05) is 0 Å². The van der Waals surface area contributed by atoms with Gasteiger partial charge in [-0.15, -0.1) is 0 Å². The monoisotopic (exact) mass is 1490 g/mol. The zero-order valence-corrected chi connectivity index (χ0v) is 65.6. The molecule has 7 saturated carbocycles. The molecule has 0 aliphatic heterocycles. The fourth-order valence-corrected chi connectivity index (χ4v) is 12.9. The van der Waals surface area contributed by atoms with Crippen molar-refractivity contribution in [3.05, 3.63) is 0 Å². The van der Waals surface area contributed by atoms with Gasteiger partial charge in [0.05, 0.1) is 32.5 Å². The largest absolute Gasteiger partial charge is 0.460 e. The molecule has 7 aliphatic carbocycles. The Bertz CT molecular complexity index is 2220. The Kier molecular flexibility index (Phi) is 64.7. The molecule has 0 heterocycles. The highest BCUT2D eigenvalue weighted by Gasteiger charge is 2.61. The van der Waals surface area contributed by atoms with Gasteiger partial charge in [0.15, 0.2) is 0 Å². The lowest BCUT2D eigenvalue weighted by molar-refractivity contribution is -0.231. The molecule has 104 heavy (non-hydrogen) atoms. The highest BCUT2D eigenvalue weighted by Crippen LogP contribution is 2.62. The van der Waals surface area contributed by atoms with Crippen LogP contribution in [0.1, 0.15) is 470 Å². The lowest BCUT2D eigenvalue weighted by Gasteiger charge is -2.62. The SMILES string of the molecule is C.C.C.C.C.C.C.C.C.C.C.C.CCC(C)(C)C(=O)OC(C)(C)C.CCC(C)(C)C(=O)OC1(C(C)C)C2CC3CC(C2)CC1C3.CCC(C)(C)C(=O)OC1(C)CCCCC1.CCC(C)(C)OC(=O)C(C)(C)CC.CCC1(OC(=O)C(C)(C)CC)CCCC1.CCC1(OC(=O)C(C)(C)CC)CCCCC1. The molecule has 12 heteroatoms. The van der Waals surface area contributed by atoms with Crippen LogP contribution in [0.3, 0.4) is 0 Å². The first kappa shape index (κ1) is 127. The van der Waals surface area contributed by atoms with Gasteiger partial charge >= 0.3 is 35.8 Å². The summed E-state index contributed by atoms with van der Waals surface area (Å²) in [5.41, 5.74) is -3.40. The van der Waals surface area contributed by atoms with Gasteiger partial charge in [0.25, 0.3) is 0 Å². The number of rotatable bonds is 21. The Morgan fingerprint density at radius 2 is 0.558 bits per heavy atom. The van der Waals surface area contributed by atoms with Crippen LogP contribution >= 0.6 is 0 Å². The second-order valence-electron chi connectivity index (χ2n) is 35.2. The molecule has 0 aromatic carbocycles. The van der Waals surface area contributed by atoms with E-state index in [0.29, 0.717) is 17.8 Å². The first-order valence-electron chi connectivity index (χ1n) is 37.4. The molecule has 0 unspecified atom stereocenters. The van der Waals surface area contributed by atoms with Crippen LogP contribution in [0.5, 0.6) is 0 Å². The lowest BCUT2D eigenvalue weighted by atomic mass is 9.47. The molecule has 0 spiro atoms. The third-order valence-electron chi connectivity index (χ3n) is 23.3. The van der Waals surface area contributed by atoms with E-state index < -0.39 is 0 Å². The van der Waals surface area contributed by atoms with Crippen LogP contribution in [-0.4, -0.2) is 69.4 Å². The molecular formula is C92H196O12. The number of hydrogen-bond acceptors (Lipinski definition) is 12. The summed E-state index contributed by atoms with van der Waals surface area (Å²) in [6.07, 6.45) is 30.4. The van der Waals surface area contributed by atoms with Gasteiger partial charge < -0.3 is 28.4 Å². The first-order valence-corrected chi connectivity index (χ1v) is 37.4. The minimum atomic E-state index is -0.372. The van der Waals surface area contributed by atoms with Crippen molar-refractivity contribution in [1.82, 2.24) is 0 Å². The zero-order valence-electron chi connectivity index (χ0n) is 65.6. The number of carbonyl (C=O) groups excluding carboxylic acids is 6. The van der Waals surface area contributed by atoms with Crippen molar-refractivity contribution in [2.75, 3.05) is 0 Å². The molecule has 12 nitrogen and oxygen atoms in total. The molecule has 0 N–H and O–H groups in total. The summed E-state index contributed by atoms with van der Waals surface area (Å²) in [5.74, 6) is 3.25. The van der Waals surface area contributed by atoms with Crippen LogP contribution in [0.2, 0.25) is 0 Å². The van der Waals surface area contributed by atoms with E-state index in [-0.39, 0.29) is 191 Å².